The van der Waals surface area contributed by atoms with Gasteiger partial charge in [0.25, 0.3) is 0 Å². The molecule has 0 radical (unpaired) electrons. The van der Waals surface area contributed by atoms with Gasteiger partial charge in [-0.2, -0.15) is 0 Å². The lowest BCUT2D eigenvalue weighted by molar-refractivity contribution is 0.910. The number of pyridine rings is 1. The Bertz CT molecular complexity index is 191. The molecule has 0 amide bonds. The summed E-state index contributed by atoms with van der Waals surface area (Å²) < 4.78 is 3.06. The van der Waals surface area contributed by atoms with Gasteiger partial charge >= 0.3 is 0 Å². The van der Waals surface area contributed by atoms with Gasteiger partial charge < -0.3 is 0 Å². The monoisotopic (exact) mass is 186 g/mol. The van der Waals surface area contributed by atoms with Crippen LogP contribution in [0.1, 0.15) is 5.56 Å². The van der Waals surface area contributed by atoms with E-state index in [1.165, 1.54) is 16.5 Å². The summed E-state index contributed by atoms with van der Waals surface area (Å²) in [6.45, 7) is 0.943. The standard InChI is InChI=1S/C7H10N2S2/c10-11-9-6-3-7-1-4-8-5-2-7/h1-2,4-5,9-10H,3,6H2. The maximum Gasteiger partial charge on any atom is 0.0270 e. The zero-order valence-corrected chi connectivity index (χ0v) is 7.74. The van der Waals surface area contributed by atoms with Crippen LogP contribution in [0.25, 0.3) is 0 Å². The maximum atomic E-state index is 3.96. The third-order valence-corrected chi connectivity index (χ3v) is 2.05. The summed E-state index contributed by atoms with van der Waals surface area (Å²) in [6.07, 6.45) is 4.64. The summed E-state index contributed by atoms with van der Waals surface area (Å²) in [7, 11) is 1.35. The number of hydrogen-bond acceptors (Lipinski definition) is 4. The Labute approximate surface area is 75.7 Å². The minimum Gasteiger partial charge on any atom is -0.265 e. The van der Waals surface area contributed by atoms with Crippen molar-refractivity contribution in [2.24, 2.45) is 0 Å². The van der Waals surface area contributed by atoms with Crippen LogP contribution in [0, 0.1) is 0 Å². The molecule has 60 valence electrons. The van der Waals surface area contributed by atoms with Crippen molar-refractivity contribution < 1.29 is 0 Å². The van der Waals surface area contributed by atoms with Crippen molar-refractivity contribution in [3.63, 3.8) is 0 Å². The highest BCUT2D eigenvalue weighted by molar-refractivity contribution is 8.67. The van der Waals surface area contributed by atoms with E-state index in [2.05, 4.69) is 21.4 Å². The van der Waals surface area contributed by atoms with Crippen molar-refractivity contribution in [2.75, 3.05) is 6.54 Å². The van der Waals surface area contributed by atoms with Gasteiger partial charge in [-0.15, -0.1) is 0 Å². The predicted octanol–water partition coefficient (Wildman–Crippen LogP) is 1.71. The van der Waals surface area contributed by atoms with Crippen molar-refractivity contribution in [1.29, 1.82) is 0 Å². The van der Waals surface area contributed by atoms with Crippen LogP contribution < -0.4 is 4.72 Å². The largest absolute Gasteiger partial charge is 0.265 e. The molecule has 0 spiro atoms. The summed E-state index contributed by atoms with van der Waals surface area (Å²) in [6, 6.07) is 4.04. The van der Waals surface area contributed by atoms with Crippen LogP contribution in [0.2, 0.25) is 0 Å². The molecule has 1 N–H and O–H groups in total. The molecule has 0 fully saturated rings. The Hall–Kier alpha value is -0.190. The van der Waals surface area contributed by atoms with Gasteiger partial charge in [0.1, 0.15) is 0 Å². The molecule has 0 aliphatic carbocycles. The lowest BCUT2D eigenvalue weighted by atomic mass is 10.2. The summed E-state index contributed by atoms with van der Waals surface area (Å²) in [5.41, 5.74) is 1.30. The van der Waals surface area contributed by atoms with Gasteiger partial charge in [0, 0.05) is 18.9 Å². The van der Waals surface area contributed by atoms with Crippen LogP contribution in [0.5, 0.6) is 0 Å². The number of thiol groups is 1. The van der Waals surface area contributed by atoms with Crippen molar-refractivity contribution in [1.82, 2.24) is 9.71 Å². The first-order valence-corrected chi connectivity index (χ1v) is 5.22. The molecule has 4 heteroatoms. The molecule has 1 rings (SSSR count). The topological polar surface area (TPSA) is 24.9 Å². The lowest BCUT2D eigenvalue weighted by Gasteiger charge is -1.99. The number of aromatic nitrogens is 1. The fourth-order valence-electron chi connectivity index (χ4n) is 0.790. The predicted molar refractivity (Wildman–Crippen MR) is 52.5 cm³/mol. The highest BCUT2D eigenvalue weighted by Crippen LogP contribution is 2.00. The Morgan fingerprint density at radius 1 is 1.45 bits per heavy atom. The molecule has 0 atom stereocenters. The van der Waals surface area contributed by atoms with Crippen molar-refractivity contribution in [3.05, 3.63) is 30.1 Å². The number of nitrogens with one attached hydrogen (secondary N) is 1. The summed E-state index contributed by atoms with van der Waals surface area (Å²) in [5, 5.41) is 0. The second-order valence-electron chi connectivity index (χ2n) is 2.09. The fraction of sp³-hybridized carbons (Fsp3) is 0.286. The molecule has 0 unspecified atom stereocenters. The summed E-state index contributed by atoms with van der Waals surface area (Å²) in [5.74, 6) is 0. The highest BCUT2D eigenvalue weighted by atomic mass is 33.1. The molecule has 0 aromatic carbocycles. The molecule has 1 aromatic heterocycles. The third kappa shape index (κ3) is 3.65. The minimum atomic E-state index is 0.943. The molecule has 1 aromatic rings. The minimum absolute atomic E-state index is 0.943. The second kappa shape index (κ2) is 5.46. The maximum absolute atomic E-state index is 3.96. The van der Waals surface area contributed by atoms with Crippen LogP contribution >= 0.6 is 22.6 Å². The quantitative estimate of drug-likeness (QED) is 0.324. The molecule has 0 aliphatic heterocycles. The van der Waals surface area contributed by atoms with Crippen molar-refractivity contribution in [3.8, 4) is 0 Å². The Kier molecular flexibility index (Phi) is 4.42. The SMILES string of the molecule is SSNCCc1ccncc1. The number of rotatable bonds is 4. The van der Waals surface area contributed by atoms with Crippen molar-refractivity contribution in [2.45, 2.75) is 6.42 Å². The van der Waals surface area contributed by atoms with E-state index in [9.17, 15) is 0 Å². The number of nitrogens with zero attached hydrogens (tertiary/aromatic N) is 1. The summed E-state index contributed by atoms with van der Waals surface area (Å²) >= 11 is 3.96. The van der Waals surface area contributed by atoms with E-state index in [4.69, 9.17) is 0 Å². The van der Waals surface area contributed by atoms with Crippen LogP contribution in [-0.2, 0) is 6.42 Å². The molecule has 0 bridgehead atoms. The second-order valence-corrected chi connectivity index (χ2v) is 3.11. The van der Waals surface area contributed by atoms with Gasteiger partial charge in [0.05, 0.1) is 0 Å². The molecule has 2 nitrogen and oxygen atoms in total. The summed E-state index contributed by atoms with van der Waals surface area (Å²) in [4.78, 5) is 3.93. The van der Waals surface area contributed by atoms with E-state index in [0.29, 0.717) is 0 Å². The molecular formula is C7H10N2S2. The number of hydrogen-bond donors (Lipinski definition) is 2. The first kappa shape index (κ1) is 8.90. The Balaban J connectivity index is 2.28. The van der Waals surface area contributed by atoms with Gasteiger partial charge in [0.2, 0.25) is 0 Å². The van der Waals surface area contributed by atoms with Crippen LogP contribution in [0.4, 0.5) is 0 Å². The highest BCUT2D eigenvalue weighted by Gasteiger charge is 1.89. The third-order valence-electron chi connectivity index (χ3n) is 1.33. The molecule has 0 saturated heterocycles. The smallest absolute Gasteiger partial charge is 0.0270 e. The normalized spacial score (nSPS) is 9.91. The molecule has 0 aliphatic rings. The zero-order chi connectivity index (χ0) is 7.94. The Morgan fingerprint density at radius 3 is 2.82 bits per heavy atom. The van der Waals surface area contributed by atoms with Gasteiger partial charge in [-0.1, -0.05) is 11.7 Å². The van der Waals surface area contributed by atoms with E-state index >= 15 is 0 Å². The van der Waals surface area contributed by atoms with E-state index in [1.807, 2.05) is 24.5 Å². The molecule has 1 heterocycles. The average Bonchev–Trinajstić information content (AvgIpc) is 2.07. The van der Waals surface area contributed by atoms with Crippen molar-refractivity contribution >= 4 is 22.6 Å². The van der Waals surface area contributed by atoms with E-state index in [1.54, 1.807) is 0 Å². The van der Waals surface area contributed by atoms with Gasteiger partial charge in [0.15, 0.2) is 0 Å². The Morgan fingerprint density at radius 2 is 2.18 bits per heavy atom. The molecular weight excluding hydrogens is 176 g/mol. The van der Waals surface area contributed by atoms with Gasteiger partial charge in [-0.05, 0) is 35.1 Å². The van der Waals surface area contributed by atoms with Gasteiger partial charge in [-0.25, -0.2) is 0 Å². The zero-order valence-electron chi connectivity index (χ0n) is 6.03. The van der Waals surface area contributed by atoms with Crippen LogP contribution in [0.15, 0.2) is 24.5 Å². The van der Waals surface area contributed by atoms with E-state index in [-0.39, 0.29) is 0 Å². The van der Waals surface area contributed by atoms with Gasteiger partial charge in [-0.3, -0.25) is 9.71 Å². The average molecular weight is 186 g/mol. The van der Waals surface area contributed by atoms with E-state index in [0.717, 1.165) is 13.0 Å². The van der Waals surface area contributed by atoms with E-state index < -0.39 is 0 Å². The first-order chi connectivity index (χ1) is 5.43. The molecule has 11 heavy (non-hydrogen) atoms. The van der Waals surface area contributed by atoms with Crippen LogP contribution in [-0.4, -0.2) is 11.5 Å². The van der Waals surface area contributed by atoms with Crippen LogP contribution in [0.3, 0.4) is 0 Å². The lowest BCUT2D eigenvalue weighted by Crippen LogP contribution is -2.06. The fourth-order valence-corrected chi connectivity index (χ4v) is 1.26. The first-order valence-electron chi connectivity index (χ1n) is 3.35. The molecule has 0 saturated carbocycles.